The number of anilines is 1. The standard InChI is InChI=1S/C25H29BrN4O2S/c1-2-3-5-10-23(32)30(17-15-19-8-6-4-7-9-19)18-16-22(31)27-25-29-28-24(33-25)20-11-13-21(26)14-12-20/h4,6-9,11-14H,2-3,5,10,15-18H2,1H3,(H,27,29,31). The lowest BCUT2D eigenvalue weighted by Crippen LogP contribution is -2.35. The molecule has 8 heteroatoms. The van der Waals surface area contributed by atoms with Crippen LogP contribution in [0.1, 0.15) is 44.6 Å². The first-order chi connectivity index (χ1) is 16.0. The average Bonchev–Trinajstić information content (AvgIpc) is 3.28. The van der Waals surface area contributed by atoms with Gasteiger partial charge in [0.2, 0.25) is 16.9 Å². The van der Waals surface area contributed by atoms with E-state index in [-0.39, 0.29) is 18.2 Å². The Morgan fingerprint density at radius 3 is 2.45 bits per heavy atom. The van der Waals surface area contributed by atoms with E-state index in [9.17, 15) is 9.59 Å². The molecule has 0 saturated carbocycles. The number of rotatable bonds is 12. The second kappa shape index (κ2) is 13.2. The first kappa shape index (κ1) is 25.1. The van der Waals surface area contributed by atoms with Gasteiger partial charge in [0.15, 0.2) is 0 Å². The zero-order valence-electron chi connectivity index (χ0n) is 18.8. The van der Waals surface area contributed by atoms with Crippen LogP contribution in [-0.2, 0) is 16.0 Å². The van der Waals surface area contributed by atoms with Gasteiger partial charge in [0.25, 0.3) is 0 Å². The fourth-order valence-electron chi connectivity index (χ4n) is 3.36. The van der Waals surface area contributed by atoms with Crippen LogP contribution in [0.25, 0.3) is 10.6 Å². The van der Waals surface area contributed by atoms with Crippen LogP contribution in [0.15, 0.2) is 59.1 Å². The highest BCUT2D eigenvalue weighted by molar-refractivity contribution is 9.10. The highest BCUT2D eigenvalue weighted by Gasteiger charge is 2.16. The molecule has 0 radical (unpaired) electrons. The van der Waals surface area contributed by atoms with Crippen LogP contribution in [0.3, 0.4) is 0 Å². The molecule has 1 aromatic heterocycles. The maximum atomic E-state index is 12.8. The van der Waals surface area contributed by atoms with Gasteiger partial charge in [-0.2, -0.15) is 0 Å². The van der Waals surface area contributed by atoms with Gasteiger partial charge in [0, 0.05) is 36.0 Å². The third-order valence-corrected chi connectivity index (χ3v) is 6.65. The number of benzene rings is 2. The number of aromatic nitrogens is 2. The molecule has 0 aliphatic rings. The normalized spacial score (nSPS) is 10.7. The molecule has 0 aliphatic carbocycles. The summed E-state index contributed by atoms with van der Waals surface area (Å²) in [7, 11) is 0. The van der Waals surface area contributed by atoms with Crippen LogP contribution in [0.5, 0.6) is 0 Å². The molecule has 33 heavy (non-hydrogen) atoms. The maximum Gasteiger partial charge on any atom is 0.227 e. The fourth-order valence-corrected chi connectivity index (χ4v) is 4.38. The summed E-state index contributed by atoms with van der Waals surface area (Å²) in [5.41, 5.74) is 2.13. The molecule has 0 atom stereocenters. The first-order valence-corrected chi connectivity index (χ1v) is 12.9. The summed E-state index contributed by atoms with van der Waals surface area (Å²) in [6.07, 6.45) is 4.51. The predicted molar refractivity (Wildman–Crippen MR) is 137 cm³/mol. The lowest BCUT2D eigenvalue weighted by atomic mass is 10.1. The van der Waals surface area contributed by atoms with E-state index in [1.165, 1.54) is 16.9 Å². The highest BCUT2D eigenvalue weighted by Crippen LogP contribution is 2.27. The molecule has 0 spiro atoms. The number of hydrogen-bond acceptors (Lipinski definition) is 5. The van der Waals surface area contributed by atoms with Crippen molar-refractivity contribution < 1.29 is 9.59 Å². The number of halogens is 1. The van der Waals surface area contributed by atoms with E-state index in [2.05, 4.69) is 50.5 Å². The summed E-state index contributed by atoms with van der Waals surface area (Å²) in [4.78, 5) is 27.1. The molecule has 2 aromatic carbocycles. The summed E-state index contributed by atoms with van der Waals surface area (Å²) >= 11 is 4.75. The van der Waals surface area contributed by atoms with Crippen molar-refractivity contribution in [1.29, 1.82) is 0 Å². The van der Waals surface area contributed by atoms with Crippen molar-refractivity contribution in [3.8, 4) is 10.6 Å². The van der Waals surface area contributed by atoms with Crippen molar-refractivity contribution >= 4 is 44.2 Å². The Kier molecular flexibility index (Phi) is 10.0. The van der Waals surface area contributed by atoms with Gasteiger partial charge in [-0.25, -0.2) is 0 Å². The number of carbonyl (C=O) groups excluding carboxylic acids is 2. The van der Waals surface area contributed by atoms with Crippen molar-refractivity contribution in [2.75, 3.05) is 18.4 Å². The Hall–Kier alpha value is -2.58. The summed E-state index contributed by atoms with van der Waals surface area (Å²) in [5.74, 6) is -0.0554. The summed E-state index contributed by atoms with van der Waals surface area (Å²) in [6, 6.07) is 17.9. The SMILES string of the molecule is CCCCCC(=O)N(CCC(=O)Nc1nnc(-c2ccc(Br)cc2)s1)CCc1ccccc1. The topological polar surface area (TPSA) is 75.2 Å². The molecule has 0 bridgehead atoms. The van der Waals surface area contributed by atoms with Gasteiger partial charge < -0.3 is 10.2 Å². The number of nitrogens with one attached hydrogen (secondary N) is 1. The summed E-state index contributed by atoms with van der Waals surface area (Å²) in [5, 5.41) is 12.3. The molecular formula is C25H29BrN4O2S. The van der Waals surface area contributed by atoms with Crippen LogP contribution in [0.2, 0.25) is 0 Å². The van der Waals surface area contributed by atoms with Crippen LogP contribution < -0.4 is 5.32 Å². The van der Waals surface area contributed by atoms with Gasteiger partial charge in [0.1, 0.15) is 5.01 Å². The molecule has 0 fully saturated rings. The summed E-state index contributed by atoms with van der Waals surface area (Å²) < 4.78 is 0.991. The third kappa shape index (κ3) is 8.37. The van der Waals surface area contributed by atoms with Gasteiger partial charge in [-0.15, -0.1) is 10.2 Å². The number of unbranched alkanes of at least 4 members (excludes halogenated alkanes) is 2. The van der Waals surface area contributed by atoms with Gasteiger partial charge in [-0.3, -0.25) is 9.59 Å². The lowest BCUT2D eigenvalue weighted by molar-refractivity contribution is -0.131. The summed E-state index contributed by atoms with van der Waals surface area (Å²) in [6.45, 7) is 3.12. The minimum Gasteiger partial charge on any atom is -0.342 e. The Morgan fingerprint density at radius 1 is 0.970 bits per heavy atom. The van der Waals surface area contributed by atoms with Crippen LogP contribution >= 0.6 is 27.3 Å². The molecule has 0 saturated heterocycles. The molecular weight excluding hydrogens is 500 g/mol. The molecule has 2 amide bonds. The van der Waals surface area contributed by atoms with Gasteiger partial charge in [0.05, 0.1) is 0 Å². The van der Waals surface area contributed by atoms with E-state index in [1.807, 2.05) is 47.4 Å². The number of amides is 2. The number of hydrogen-bond donors (Lipinski definition) is 1. The molecule has 3 aromatic rings. The Balaban J connectivity index is 1.54. The Labute approximate surface area is 207 Å². The maximum absolute atomic E-state index is 12.8. The Bertz CT molecular complexity index is 1020. The van der Waals surface area contributed by atoms with Crippen LogP contribution in [0, 0.1) is 0 Å². The largest absolute Gasteiger partial charge is 0.342 e. The molecule has 174 valence electrons. The van der Waals surface area contributed by atoms with E-state index in [0.717, 1.165) is 40.7 Å². The highest BCUT2D eigenvalue weighted by atomic mass is 79.9. The number of carbonyl (C=O) groups is 2. The average molecular weight is 530 g/mol. The minimum atomic E-state index is -0.167. The Morgan fingerprint density at radius 2 is 1.73 bits per heavy atom. The van der Waals surface area contributed by atoms with E-state index in [1.54, 1.807) is 0 Å². The van der Waals surface area contributed by atoms with Gasteiger partial charge in [-0.05, 0) is 30.5 Å². The van der Waals surface area contributed by atoms with Crippen molar-refractivity contribution in [2.45, 2.75) is 45.4 Å². The van der Waals surface area contributed by atoms with Crippen molar-refractivity contribution in [2.24, 2.45) is 0 Å². The third-order valence-electron chi connectivity index (χ3n) is 5.23. The predicted octanol–water partition coefficient (Wildman–Crippen LogP) is 5.95. The lowest BCUT2D eigenvalue weighted by Gasteiger charge is -2.22. The van der Waals surface area contributed by atoms with Gasteiger partial charge >= 0.3 is 0 Å². The molecule has 3 rings (SSSR count). The number of nitrogens with zero attached hydrogens (tertiary/aromatic N) is 3. The van der Waals surface area contributed by atoms with Crippen LogP contribution in [0.4, 0.5) is 5.13 Å². The quantitative estimate of drug-likeness (QED) is 0.295. The first-order valence-electron chi connectivity index (χ1n) is 11.3. The molecule has 1 N–H and O–H groups in total. The van der Waals surface area contributed by atoms with E-state index in [4.69, 9.17) is 0 Å². The molecule has 6 nitrogen and oxygen atoms in total. The van der Waals surface area contributed by atoms with Crippen LogP contribution in [-0.4, -0.2) is 40.0 Å². The zero-order chi connectivity index (χ0) is 23.5. The van der Waals surface area contributed by atoms with Crippen molar-refractivity contribution in [3.05, 3.63) is 64.6 Å². The van der Waals surface area contributed by atoms with Crippen molar-refractivity contribution in [3.63, 3.8) is 0 Å². The van der Waals surface area contributed by atoms with E-state index in [0.29, 0.717) is 24.6 Å². The van der Waals surface area contributed by atoms with Gasteiger partial charge in [-0.1, -0.05) is 89.5 Å². The monoisotopic (exact) mass is 528 g/mol. The zero-order valence-corrected chi connectivity index (χ0v) is 21.2. The second-order valence-electron chi connectivity index (χ2n) is 7.79. The smallest absolute Gasteiger partial charge is 0.227 e. The molecule has 0 aliphatic heterocycles. The molecule has 0 unspecified atom stereocenters. The molecule has 1 heterocycles. The van der Waals surface area contributed by atoms with E-state index < -0.39 is 0 Å². The second-order valence-corrected chi connectivity index (χ2v) is 9.68. The fraction of sp³-hybridized carbons (Fsp3) is 0.360. The van der Waals surface area contributed by atoms with Crippen molar-refractivity contribution in [1.82, 2.24) is 15.1 Å². The minimum absolute atomic E-state index is 0.112. The van der Waals surface area contributed by atoms with E-state index >= 15 is 0 Å².